The molecule has 0 aliphatic carbocycles. The van der Waals surface area contributed by atoms with Gasteiger partial charge in [-0.25, -0.2) is 0 Å². The van der Waals surface area contributed by atoms with Crippen LogP contribution in [0.3, 0.4) is 0 Å². The zero-order chi connectivity index (χ0) is 9.94. The third kappa shape index (κ3) is 11.2. The molecule has 0 heterocycles. The zero-order valence-electron chi connectivity index (χ0n) is 8.03. The smallest absolute Gasteiger partial charge is 0.294 e. The molecule has 0 aromatic carbocycles. The molecule has 0 aliphatic heterocycles. The van der Waals surface area contributed by atoms with Gasteiger partial charge in [-0.05, 0) is 6.42 Å². The highest BCUT2D eigenvalue weighted by Crippen LogP contribution is 1.98. The van der Waals surface area contributed by atoms with Crippen molar-refractivity contribution in [1.29, 1.82) is 0 Å². The van der Waals surface area contributed by atoms with Crippen LogP contribution in [0.15, 0.2) is 0 Å². The van der Waals surface area contributed by atoms with Crippen LogP contribution < -0.4 is 0 Å². The molecular weight excluding hydrogens is 174 g/mol. The van der Waals surface area contributed by atoms with Gasteiger partial charge in [-0.2, -0.15) is 0 Å². The number of unbranched alkanes of at least 4 members (excludes halogenated alkanes) is 3. The van der Waals surface area contributed by atoms with Gasteiger partial charge in [-0.15, -0.1) is 10.1 Å². The largest absolute Gasteiger partial charge is 0.379 e. The third-order valence-electron chi connectivity index (χ3n) is 1.57. The van der Waals surface area contributed by atoms with Crippen molar-refractivity contribution in [2.24, 2.45) is 0 Å². The van der Waals surface area contributed by atoms with Gasteiger partial charge in [-0.1, -0.05) is 26.2 Å². The monoisotopic (exact) mass is 191 g/mol. The van der Waals surface area contributed by atoms with E-state index in [9.17, 15) is 10.1 Å². The Morgan fingerprint density at radius 1 is 1.15 bits per heavy atom. The predicted molar refractivity (Wildman–Crippen MR) is 47.9 cm³/mol. The van der Waals surface area contributed by atoms with Gasteiger partial charge in [0.15, 0.2) is 0 Å². The number of hydrogen-bond acceptors (Lipinski definition) is 4. The highest BCUT2D eigenvalue weighted by Gasteiger charge is 1.94. The minimum Gasteiger partial charge on any atom is -0.379 e. The first-order valence-corrected chi connectivity index (χ1v) is 4.62. The Kier molecular flexibility index (Phi) is 8.65. The van der Waals surface area contributed by atoms with Crippen LogP contribution in [0, 0.1) is 10.1 Å². The van der Waals surface area contributed by atoms with E-state index in [2.05, 4.69) is 11.8 Å². The molecule has 0 aromatic rings. The summed E-state index contributed by atoms with van der Waals surface area (Å²) in [6.45, 7) is 3.14. The summed E-state index contributed by atoms with van der Waals surface area (Å²) < 4.78 is 5.10. The Bertz CT molecular complexity index is 129. The number of ether oxygens (including phenoxy) is 1. The van der Waals surface area contributed by atoms with E-state index in [1.807, 2.05) is 0 Å². The predicted octanol–water partition coefficient (Wildman–Crippen LogP) is 1.79. The first kappa shape index (κ1) is 12.2. The molecule has 0 unspecified atom stereocenters. The summed E-state index contributed by atoms with van der Waals surface area (Å²) in [4.78, 5) is 13.8. The zero-order valence-corrected chi connectivity index (χ0v) is 8.03. The highest BCUT2D eigenvalue weighted by molar-refractivity contribution is 4.38. The standard InChI is InChI=1S/C8H17NO4/c1-2-3-4-5-6-12-7-8-13-9(10)11/h2-8H2,1H3. The fraction of sp³-hybridized carbons (Fsp3) is 1.00. The summed E-state index contributed by atoms with van der Waals surface area (Å²) in [6.07, 6.45) is 4.60. The lowest BCUT2D eigenvalue weighted by Gasteiger charge is -2.02. The van der Waals surface area contributed by atoms with Gasteiger partial charge in [0.1, 0.15) is 6.61 Å². The van der Waals surface area contributed by atoms with E-state index in [0.717, 1.165) is 12.8 Å². The van der Waals surface area contributed by atoms with Crippen molar-refractivity contribution in [1.82, 2.24) is 0 Å². The molecule has 0 amide bonds. The number of hydrogen-bond donors (Lipinski definition) is 0. The van der Waals surface area contributed by atoms with Crippen molar-refractivity contribution in [3.05, 3.63) is 10.1 Å². The Morgan fingerprint density at radius 2 is 1.92 bits per heavy atom. The van der Waals surface area contributed by atoms with Crippen LogP contribution in [0.4, 0.5) is 0 Å². The van der Waals surface area contributed by atoms with Crippen molar-refractivity contribution in [2.75, 3.05) is 19.8 Å². The second-order valence-electron chi connectivity index (χ2n) is 2.73. The van der Waals surface area contributed by atoms with Crippen molar-refractivity contribution in [3.8, 4) is 0 Å². The van der Waals surface area contributed by atoms with E-state index in [0.29, 0.717) is 13.2 Å². The van der Waals surface area contributed by atoms with Crippen LogP contribution in [-0.2, 0) is 9.57 Å². The lowest BCUT2D eigenvalue weighted by Crippen LogP contribution is -2.09. The summed E-state index contributed by atoms with van der Waals surface area (Å²) in [5, 5.41) is 8.90. The molecule has 0 atom stereocenters. The molecule has 0 bridgehead atoms. The van der Waals surface area contributed by atoms with Gasteiger partial charge >= 0.3 is 0 Å². The molecule has 0 spiro atoms. The Labute approximate surface area is 78.1 Å². The quantitative estimate of drug-likeness (QED) is 0.316. The van der Waals surface area contributed by atoms with Gasteiger partial charge in [0.25, 0.3) is 5.09 Å². The molecule has 5 nitrogen and oxygen atoms in total. The Hall–Kier alpha value is -0.840. The molecule has 0 rings (SSSR count). The second kappa shape index (κ2) is 9.25. The third-order valence-corrected chi connectivity index (χ3v) is 1.57. The molecule has 0 saturated carbocycles. The number of nitrogens with zero attached hydrogens (tertiary/aromatic N) is 1. The summed E-state index contributed by atoms with van der Waals surface area (Å²) in [5.41, 5.74) is 0. The minimum absolute atomic E-state index is 0.0285. The lowest BCUT2D eigenvalue weighted by atomic mass is 10.2. The average Bonchev–Trinajstić information content (AvgIpc) is 2.09. The first-order chi connectivity index (χ1) is 6.27. The van der Waals surface area contributed by atoms with Gasteiger partial charge in [0.2, 0.25) is 0 Å². The molecule has 0 N–H and O–H groups in total. The molecular formula is C8H17NO4. The van der Waals surface area contributed by atoms with Crippen LogP contribution in [0.1, 0.15) is 32.6 Å². The van der Waals surface area contributed by atoms with Gasteiger partial charge in [0.05, 0.1) is 6.61 Å². The SMILES string of the molecule is CCCCCCOCCO[N+](=O)[O-]. The Morgan fingerprint density at radius 3 is 2.54 bits per heavy atom. The molecule has 5 heteroatoms. The van der Waals surface area contributed by atoms with Crippen molar-refractivity contribution in [3.63, 3.8) is 0 Å². The van der Waals surface area contributed by atoms with Crippen LogP contribution in [0.5, 0.6) is 0 Å². The van der Waals surface area contributed by atoms with Crippen LogP contribution in [0.25, 0.3) is 0 Å². The normalized spacial score (nSPS) is 9.92. The summed E-state index contributed by atoms with van der Waals surface area (Å²) in [6, 6.07) is 0. The van der Waals surface area contributed by atoms with Crippen LogP contribution >= 0.6 is 0 Å². The minimum atomic E-state index is -0.805. The fourth-order valence-electron chi connectivity index (χ4n) is 0.904. The molecule has 0 saturated heterocycles. The molecule has 0 radical (unpaired) electrons. The van der Waals surface area contributed by atoms with Crippen molar-refractivity contribution >= 4 is 0 Å². The van der Waals surface area contributed by atoms with E-state index < -0.39 is 5.09 Å². The molecule has 0 aliphatic rings. The maximum absolute atomic E-state index is 9.70. The summed E-state index contributed by atoms with van der Waals surface area (Å²) >= 11 is 0. The molecule has 0 aromatic heterocycles. The Balaban J connectivity index is 2.87. The maximum atomic E-state index is 9.70. The average molecular weight is 191 g/mol. The van der Waals surface area contributed by atoms with Crippen molar-refractivity contribution < 1.29 is 14.7 Å². The van der Waals surface area contributed by atoms with Crippen LogP contribution in [0.2, 0.25) is 0 Å². The van der Waals surface area contributed by atoms with E-state index >= 15 is 0 Å². The molecule has 13 heavy (non-hydrogen) atoms. The summed E-state index contributed by atoms with van der Waals surface area (Å²) in [7, 11) is 0. The van der Waals surface area contributed by atoms with E-state index in [-0.39, 0.29) is 6.61 Å². The fourth-order valence-corrected chi connectivity index (χ4v) is 0.904. The maximum Gasteiger partial charge on any atom is 0.294 e. The second-order valence-corrected chi connectivity index (χ2v) is 2.73. The highest BCUT2D eigenvalue weighted by atomic mass is 17.0. The van der Waals surface area contributed by atoms with Crippen molar-refractivity contribution in [2.45, 2.75) is 32.6 Å². The summed E-state index contributed by atoms with van der Waals surface area (Å²) in [5.74, 6) is 0. The lowest BCUT2D eigenvalue weighted by molar-refractivity contribution is -0.758. The van der Waals surface area contributed by atoms with Gasteiger partial charge in [-0.3, -0.25) is 0 Å². The van der Waals surface area contributed by atoms with E-state index in [1.165, 1.54) is 12.8 Å². The molecule has 78 valence electrons. The van der Waals surface area contributed by atoms with Gasteiger partial charge in [0, 0.05) is 6.61 Å². The van der Waals surface area contributed by atoms with E-state index in [1.54, 1.807) is 0 Å². The van der Waals surface area contributed by atoms with Gasteiger partial charge < -0.3 is 9.57 Å². The topological polar surface area (TPSA) is 61.6 Å². The first-order valence-electron chi connectivity index (χ1n) is 4.62. The number of rotatable bonds is 9. The van der Waals surface area contributed by atoms with E-state index in [4.69, 9.17) is 4.74 Å². The van der Waals surface area contributed by atoms with Crippen LogP contribution in [-0.4, -0.2) is 24.9 Å². The molecule has 0 fully saturated rings.